The fraction of sp³-hybridized carbons (Fsp3) is 0.350. The molecular formula is C20H24ClFN2O2. The monoisotopic (exact) mass is 378 g/mol. The maximum absolute atomic E-state index is 13.8. The van der Waals surface area contributed by atoms with Gasteiger partial charge in [-0.05, 0) is 49.2 Å². The molecule has 2 aromatic carbocycles. The van der Waals surface area contributed by atoms with E-state index in [2.05, 4.69) is 5.32 Å². The van der Waals surface area contributed by atoms with Crippen molar-refractivity contribution in [1.82, 2.24) is 10.2 Å². The SMILES string of the molecule is COc1ccc(CN(C)C(=O)C(C)NC(C)c2ccc(Cl)cc2)cc1F. The van der Waals surface area contributed by atoms with E-state index in [1.54, 1.807) is 24.1 Å². The molecule has 2 aromatic rings. The highest BCUT2D eigenvalue weighted by molar-refractivity contribution is 6.30. The Kier molecular flexibility index (Phi) is 7.00. The van der Waals surface area contributed by atoms with Gasteiger partial charge < -0.3 is 9.64 Å². The van der Waals surface area contributed by atoms with Gasteiger partial charge in [0.15, 0.2) is 11.6 Å². The second-order valence-corrected chi connectivity index (χ2v) is 6.76. The van der Waals surface area contributed by atoms with Crippen LogP contribution in [0, 0.1) is 5.82 Å². The molecule has 0 aliphatic carbocycles. The molecule has 6 heteroatoms. The lowest BCUT2D eigenvalue weighted by molar-refractivity contribution is -0.132. The van der Waals surface area contributed by atoms with Gasteiger partial charge in [0.05, 0.1) is 13.2 Å². The third-order valence-corrected chi connectivity index (χ3v) is 4.50. The highest BCUT2D eigenvalue weighted by Crippen LogP contribution is 2.19. The van der Waals surface area contributed by atoms with Crippen LogP contribution in [0.1, 0.15) is 31.0 Å². The van der Waals surface area contributed by atoms with Crippen molar-refractivity contribution >= 4 is 17.5 Å². The molecule has 1 amide bonds. The zero-order valence-corrected chi connectivity index (χ0v) is 16.2. The van der Waals surface area contributed by atoms with E-state index in [4.69, 9.17) is 16.3 Å². The minimum atomic E-state index is -0.437. The summed E-state index contributed by atoms with van der Waals surface area (Å²) in [6.07, 6.45) is 0. The average Bonchev–Trinajstić information content (AvgIpc) is 2.61. The van der Waals surface area contributed by atoms with Crippen LogP contribution in [0.2, 0.25) is 5.02 Å². The van der Waals surface area contributed by atoms with Crippen LogP contribution in [0.15, 0.2) is 42.5 Å². The summed E-state index contributed by atoms with van der Waals surface area (Å²) in [5.74, 6) is -0.315. The molecule has 0 saturated heterocycles. The summed E-state index contributed by atoms with van der Waals surface area (Å²) in [4.78, 5) is 14.2. The van der Waals surface area contributed by atoms with Crippen molar-refractivity contribution in [2.24, 2.45) is 0 Å². The summed E-state index contributed by atoms with van der Waals surface area (Å²) < 4.78 is 18.7. The van der Waals surface area contributed by atoms with E-state index in [0.29, 0.717) is 17.1 Å². The van der Waals surface area contributed by atoms with E-state index < -0.39 is 5.82 Å². The Morgan fingerprint density at radius 1 is 1.23 bits per heavy atom. The van der Waals surface area contributed by atoms with Gasteiger partial charge in [-0.1, -0.05) is 29.8 Å². The number of nitrogens with one attached hydrogen (secondary N) is 1. The van der Waals surface area contributed by atoms with E-state index in [9.17, 15) is 9.18 Å². The molecule has 1 N–H and O–H groups in total. The zero-order chi connectivity index (χ0) is 19.3. The normalized spacial score (nSPS) is 13.2. The topological polar surface area (TPSA) is 41.6 Å². The van der Waals surface area contributed by atoms with Crippen molar-refractivity contribution in [2.75, 3.05) is 14.2 Å². The van der Waals surface area contributed by atoms with E-state index in [1.807, 2.05) is 38.1 Å². The van der Waals surface area contributed by atoms with Gasteiger partial charge in [-0.25, -0.2) is 4.39 Å². The molecule has 4 nitrogen and oxygen atoms in total. The number of benzene rings is 2. The number of halogens is 2. The molecule has 2 rings (SSSR count). The molecule has 0 fully saturated rings. The lowest BCUT2D eigenvalue weighted by atomic mass is 10.1. The number of likely N-dealkylation sites (N-methyl/N-ethyl adjacent to an activating group) is 1. The maximum Gasteiger partial charge on any atom is 0.239 e. The first kappa shape index (κ1) is 20.2. The summed E-state index contributed by atoms with van der Waals surface area (Å²) in [7, 11) is 3.12. The lowest BCUT2D eigenvalue weighted by Crippen LogP contribution is -2.43. The molecule has 2 unspecified atom stereocenters. The van der Waals surface area contributed by atoms with E-state index >= 15 is 0 Å². The highest BCUT2D eigenvalue weighted by Gasteiger charge is 2.20. The molecule has 0 bridgehead atoms. The molecule has 0 saturated carbocycles. The summed E-state index contributed by atoms with van der Waals surface area (Å²) in [6.45, 7) is 4.13. The Balaban J connectivity index is 1.96. The number of rotatable bonds is 7. The van der Waals surface area contributed by atoms with Gasteiger partial charge in [0.2, 0.25) is 5.91 Å². The molecule has 2 atom stereocenters. The highest BCUT2D eigenvalue weighted by atomic mass is 35.5. The van der Waals surface area contributed by atoms with E-state index in [-0.39, 0.29) is 23.7 Å². The summed E-state index contributed by atoms with van der Waals surface area (Å²) in [5, 5.41) is 3.96. The number of carbonyl (C=O) groups excluding carboxylic acids is 1. The predicted molar refractivity (Wildman–Crippen MR) is 102 cm³/mol. The van der Waals surface area contributed by atoms with Gasteiger partial charge in [-0.3, -0.25) is 10.1 Å². The summed E-state index contributed by atoms with van der Waals surface area (Å²) in [5.41, 5.74) is 1.76. The molecule has 0 aliphatic rings. The molecule has 140 valence electrons. The quantitative estimate of drug-likeness (QED) is 0.785. The van der Waals surface area contributed by atoms with Crippen LogP contribution in [0.3, 0.4) is 0 Å². The molecular weight excluding hydrogens is 355 g/mol. The summed E-state index contributed by atoms with van der Waals surface area (Å²) in [6, 6.07) is 11.8. The Hall–Kier alpha value is -2.11. The smallest absolute Gasteiger partial charge is 0.239 e. The number of carbonyl (C=O) groups is 1. The van der Waals surface area contributed by atoms with Crippen LogP contribution in [0.25, 0.3) is 0 Å². The second kappa shape index (κ2) is 9.01. The molecule has 0 aliphatic heterocycles. The maximum atomic E-state index is 13.8. The van der Waals surface area contributed by atoms with Crippen molar-refractivity contribution < 1.29 is 13.9 Å². The number of ether oxygens (including phenoxy) is 1. The third-order valence-electron chi connectivity index (χ3n) is 4.25. The number of amides is 1. The minimum Gasteiger partial charge on any atom is -0.494 e. The van der Waals surface area contributed by atoms with E-state index in [0.717, 1.165) is 5.56 Å². The van der Waals surface area contributed by atoms with Crippen LogP contribution in [-0.2, 0) is 11.3 Å². The number of hydrogen-bond acceptors (Lipinski definition) is 3. The number of methoxy groups -OCH3 is 1. The fourth-order valence-electron chi connectivity index (χ4n) is 2.78. The summed E-state index contributed by atoms with van der Waals surface area (Å²) >= 11 is 5.91. The van der Waals surface area contributed by atoms with Crippen molar-refractivity contribution in [3.8, 4) is 5.75 Å². The van der Waals surface area contributed by atoms with Crippen molar-refractivity contribution in [3.63, 3.8) is 0 Å². The van der Waals surface area contributed by atoms with Crippen LogP contribution >= 0.6 is 11.6 Å². The van der Waals surface area contributed by atoms with Crippen molar-refractivity contribution in [1.29, 1.82) is 0 Å². The van der Waals surface area contributed by atoms with Gasteiger partial charge in [-0.2, -0.15) is 0 Å². The fourth-order valence-corrected chi connectivity index (χ4v) is 2.91. The Morgan fingerprint density at radius 3 is 2.46 bits per heavy atom. The predicted octanol–water partition coefficient (Wildman–Crippen LogP) is 4.19. The molecule has 0 aromatic heterocycles. The van der Waals surface area contributed by atoms with Crippen LogP contribution in [0.4, 0.5) is 4.39 Å². The molecule has 0 spiro atoms. The van der Waals surface area contributed by atoms with E-state index in [1.165, 1.54) is 13.2 Å². The Labute approximate surface area is 158 Å². The van der Waals surface area contributed by atoms with Crippen LogP contribution < -0.4 is 10.1 Å². The van der Waals surface area contributed by atoms with Gasteiger partial charge in [0.1, 0.15) is 0 Å². The van der Waals surface area contributed by atoms with Crippen LogP contribution in [-0.4, -0.2) is 31.0 Å². The zero-order valence-electron chi connectivity index (χ0n) is 15.4. The first-order valence-corrected chi connectivity index (χ1v) is 8.78. The van der Waals surface area contributed by atoms with Gasteiger partial charge in [0, 0.05) is 24.7 Å². The average molecular weight is 379 g/mol. The number of nitrogens with zero attached hydrogens (tertiary/aromatic N) is 1. The second-order valence-electron chi connectivity index (χ2n) is 6.32. The number of hydrogen-bond donors (Lipinski definition) is 1. The first-order valence-electron chi connectivity index (χ1n) is 8.40. The van der Waals surface area contributed by atoms with Gasteiger partial charge >= 0.3 is 0 Å². The molecule has 26 heavy (non-hydrogen) atoms. The molecule has 0 radical (unpaired) electrons. The standard InChI is InChI=1S/C20H24ClFN2O2/c1-13(16-6-8-17(21)9-7-16)23-14(2)20(25)24(3)12-15-5-10-19(26-4)18(22)11-15/h5-11,13-14,23H,12H2,1-4H3. The largest absolute Gasteiger partial charge is 0.494 e. The Bertz CT molecular complexity index is 752. The van der Waals surface area contributed by atoms with Crippen LogP contribution in [0.5, 0.6) is 5.75 Å². The van der Waals surface area contributed by atoms with Gasteiger partial charge in [0.25, 0.3) is 0 Å². The van der Waals surface area contributed by atoms with Crippen molar-refractivity contribution in [3.05, 3.63) is 64.4 Å². The molecule has 0 heterocycles. The lowest BCUT2D eigenvalue weighted by Gasteiger charge is -2.25. The first-order chi connectivity index (χ1) is 12.3. The van der Waals surface area contributed by atoms with Crippen molar-refractivity contribution in [2.45, 2.75) is 32.5 Å². The van der Waals surface area contributed by atoms with Gasteiger partial charge in [-0.15, -0.1) is 0 Å². The third kappa shape index (κ3) is 5.19. The minimum absolute atomic E-state index is 0.00181. The Morgan fingerprint density at radius 2 is 1.88 bits per heavy atom.